The van der Waals surface area contributed by atoms with Gasteiger partial charge in [0.15, 0.2) is 0 Å². The van der Waals surface area contributed by atoms with Crippen molar-refractivity contribution in [1.29, 1.82) is 0 Å². The topological polar surface area (TPSA) is 35.2 Å². The number of benzene rings is 2. The van der Waals surface area contributed by atoms with Crippen LogP contribution >= 0.6 is 15.9 Å². The minimum atomic E-state index is -0.621. The monoisotopic (exact) mass is 341 g/mol. The molecule has 0 fully saturated rings. The standard InChI is InChI=1S/C15H14BrF2NO/c16-12-5-6-13(17)11(15(12)18)9-20-8-7-10-3-1-2-4-14(10)19/h1-6H,7-9,19H2. The molecule has 0 spiro atoms. The van der Waals surface area contributed by atoms with E-state index in [0.717, 1.165) is 5.56 Å². The molecule has 0 aliphatic rings. The van der Waals surface area contributed by atoms with E-state index < -0.39 is 11.6 Å². The molecule has 0 heterocycles. The first-order valence-corrected chi connectivity index (χ1v) is 6.92. The molecule has 0 atom stereocenters. The Morgan fingerprint density at radius 3 is 2.60 bits per heavy atom. The molecule has 2 rings (SSSR count). The minimum absolute atomic E-state index is 0.0691. The van der Waals surface area contributed by atoms with Gasteiger partial charge in [-0.15, -0.1) is 0 Å². The van der Waals surface area contributed by atoms with Crippen LogP contribution in [-0.2, 0) is 17.8 Å². The molecule has 2 nitrogen and oxygen atoms in total. The Morgan fingerprint density at radius 1 is 1.10 bits per heavy atom. The van der Waals surface area contributed by atoms with E-state index in [4.69, 9.17) is 10.5 Å². The lowest BCUT2D eigenvalue weighted by atomic mass is 10.1. The van der Waals surface area contributed by atoms with Gasteiger partial charge in [-0.3, -0.25) is 0 Å². The van der Waals surface area contributed by atoms with Crippen LogP contribution in [0.5, 0.6) is 0 Å². The predicted octanol–water partition coefficient (Wildman–Crippen LogP) is 4.07. The zero-order valence-corrected chi connectivity index (χ0v) is 12.3. The smallest absolute Gasteiger partial charge is 0.145 e. The van der Waals surface area contributed by atoms with Crippen molar-refractivity contribution < 1.29 is 13.5 Å². The molecule has 0 aromatic heterocycles. The van der Waals surface area contributed by atoms with Gasteiger partial charge in [0.05, 0.1) is 23.2 Å². The molecule has 0 unspecified atom stereocenters. The third-order valence-electron chi connectivity index (χ3n) is 2.96. The number of anilines is 1. The van der Waals surface area contributed by atoms with E-state index in [1.54, 1.807) is 0 Å². The van der Waals surface area contributed by atoms with Crippen LogP contribution in [0.4, 0.5) is 14.5 Å². The fraction of sp³-hybridized carbons (Fsp3) is 0.200. The van der Waals surface area contributed by atoms with Gasteiger partial charge in [-0.25, -0.2) is 8.78 Å². The average molecular weight is 342 g/mol. The lowest BCUT2D eigenvalue weighted by molar-refractivity contribution is 0.118. The Morgan fingerprint density at radius 2 is 1.85 bits per heavy atom. The zero-order chi connectivity index (χ0) is 14.5. The first-order valence-electron chi connectivity index (χ1n) is 6.13. The van der Waals surface area contributed by atoms with Crippen LogP contribution in [0.15, 0.2) is 40.9 Å². The molecule has 2 N–H and O–H groups in total. The molecule has 0 amide bonds. The molecule has 20 heavy (non-hydrogen) atoms. The first kappa shape index (κ1) is 14.9. The molecule has 106 valence electrons. The van der Waals surface area contributed by atoms with Gasteiger partial charge in [0, 0.05) is 5.69 Å². The normalized spacial score (nSPS) is 10.8. The van der Waals surface area contributed by atoms with Crippen LogP contribution in [0.1, 0.15) is 11.1 Å². The Balaban J connectivity index is 1.91. The average Bonchev–Trinajstić information content (AvgIpc) is 2.44. The van der Waals surface area contributed by atoms with Crippen LogP contribution in [0.3, 0.4) is 0 Å². The molecule has 2 aromatic rings. The van der Waals surface area contributed by atoms with Crippen molar-refractivity contribution >= 4 is 21.6 Å². The highest BCUT2D eigenvalue weighted by molar-refractivity contribution is 9.10. The Labute approximate surface area is 124 Å². The van der Waals surface area contributed by atoms with Crippen LogP contribution in [0, 0.1) is 11.6 Å². The molecule has 0 saturated carbocycles. The van der Waals surface area contributed by atoms with Crippen LogP contribution in [0.2, 0.25) is 0 Å². The molecule has 0 aliphatic heterocycles. The summed E-state index contributed by atoms with van der Waals surface area (Å²) >= 11 is 3.02. The van der Waals surface area contributed by atoms with Gasteiger partial charge in [0.1, 0.15) is 11.6 Å². The number of rotatable bonds is 5. The second kappa shape index (κ2) is 6.81. The fourth-order valence-electron chi connectivity index (χ4n) is 1.82. The summed E-state index contributed by atoms with van der Waals surface area (Å²) in [6.45, 7) is 0.240. The summed E-state index contributed by atoms with van der Waals surface area (Å²) in [6, 6.07) is 9.99. The maximum Gasteiger partial charge on any atom is 0.145 e. The Kier molecular flexibility index (Phi) is 5.09. The quantitative estimate of drug-likeness (QED) is 0.505. The number of nitrogen functional groups attached to an aromatic ring is 1. The summed E-state index contributed by atoms with van der Waals surface area (Å²) in [7, 11) is 0. The van der Waals surface area contributed by atoms with E-state index in [-0.39, 0.29) is 16.6 Å². The molecular weight excluding hydrogens is 328 g/mol. The second-order valence-corrected chi connectivity index (χ2v) is 5.18. The lowest BCUT2D eigenvalue weighted by Gasteiger charge is -2.09. The highest BCUT2D eigenvalue weighted by atomic mass is 79.9. The van der Waals surface area contributed by atoms with Crippen molar-refractivity contribution in [3.05, 3.63) is 63.6 Å². The van der Waals surface area contributed by atoms with Crippen molar-refractivity contribution in [2.45, 2.75) is 13.0 Å². The summed E-state index contributed by atoms with van der Waals surface area (Å²) in [5.74, 6) is -1.23. The Bertz CT molecular complexity index is 604. The Hall–Kier alpha value is -1.46. The van der Waals surface area contributed by atoms with Gasteiger partial charge in [0.25, 0.3) is 0 Å². The third kappa shape index (κ3) is 3.55. The summed E-state index contributed by atoms with van der Waals surface area (Å²) in [5.41, 5.74) is 7.38. The largest absolute Gasteiger partial charge is 0.399 e. The van der Waals surface area contributed by atoms with Gasteiger partial charge in [0.2, 0.25) is 0 Å². The van der Waals surface area contributed by atoms with Gasteiger partial charge in [-0.2, -0.15) is 0 Å². The van der Waals surface area contributed by atoms with Crippen molar-refractivity contribution in [2.24, 2.45) is 0 Å². The highest BCUT2D eigenvalue weighted by Gasteiger charge is 2.12. The number of hydrogen-bond acceptors (Lipinski definition) is 2. The second-order valence-electron chi connectivity index (χ2n) is 4.32. The predicted molar refractivity (Wildman–Crippen MR) is 78.3 cm³/mol. The first-order chi connectivity index (χ1) is 9.59. The number of nitrogens with two attached hydrogens (primary N) is 1. The summed E-state index contributed by atoms with van der Waals surface area (Å²) < 4.78 is 32.7. The molecule has 2 aromatic carbocycles. The molecule has 0 saturated heterocycles. The molecule has 0 bridgehead atoms. The van der Waals surface area contributed by atoms with Crippen LogP contribution in [-0.4, -0.2) is 6.61 Å². The van der Waals surface area contributed by atoms with Gasteiger partial charge < -0.3 is 10.5 Å². The number of para-hydroxylation sites is 1. The zero-order valence-electron chi connectivity index (χ0n) is 10.7. The van der Waals surface area contributed by atoms with E-state index in [1.165, 1.54) is 12.1 Å². The molecule has 5 heteroatoms. The van der Waals surface area contributed by atoms with Crippen molar-refractivity contribution in [3.63, 3.8) is 0 Å². The summed E-state index contributed by atoms with van der Waals surface area (Å²) in [6.07, 6.45) is 0.601. The minimum Gasteiger partial charge on any atom is -0.399 e. The summed E-state index contributed by atoms with van der Waals surface area (Å²) in [5, 5.41) is 0. The third-order valence-corrected chi connectivity index (χ3v) is 3.57. The molecule has 0 radical (unpaired) electrons. The van der Waals surface area contributed by atoms with Crippen LogP contribution < -0.4 is 5.73 Å². The van der Waals surface area contributed by atoms with Gasteiger partial charge in [-0.1, -0.05) is 18.2 Å². The van der Waals surface area contributed by atoms with E-state index in [1.807, 2.05) is 24.3 Å². The molecule has 0 aliphatic carbocycles. The van der Waals surface area contributed by atoms with Crippen molar-refractivity contribution in [2.75, 3.05) is 12.3 Å². The van der Waals surface area contributed by atoms with Crippen molar-refractivity contribution in [1.82, 2.24) is 0 Å². The maximum absolute atomic E-state index is 13.7. The van der Waals surface area contributed by atoms with E-state index in [0.29, 0.717) is 18.7 Å². The van der Waals surface area contributed by atoms with Crippen molar-refractivity contribution in [3.8, 4) is 0 Å². The van der Waals surface area contributed by atoms with Gasteiger partial charge >= 0.3 is 0 Å². The lowest BCUT2D eigenvalue weighted by Crippen LogP contribution is -2.04. The number of ether oxygens (including phenoxy) is 1. The van der Waals surface area contributed by atoms with Gasteiger partial charge in [-0.05, 0) is 46.1 Å². The summed E-state index contributed by atoms with van der Waals surface area (Å²) in [4.78, 5) is 0. The molecular formula is C15H14BrF2NO. The van der Waals surface area contributed by atoms with E-state index in [2.05, 4.69) is 15.9 Å². The fourth-order valence-corrected chi connectivity index (χ4v) is 2.19. The SMILES string of the molecule is Nc1ccccc1CCOCc1c(F)ccc(Br)c1F. The maximum atomic E-state index is 13.7. The van der Waals surface area contributed by atoms with Crippen LogP contribution in [0.25, 0.3) is 0 Å². The van der Waals surface area contributed by atoms with E-state index in [9.17, 15) is 8.78 Å². The van der Waals surface area contributed by atoms with E-state index >= 15 is 0 Å². The number of hydrogen-bond donors (Lipinski definition) is 1. The number of halogens is 3. The highest BCUT2D eigenvalue weighted by Crippen LogP contribution is 2.22.